The van der Waals surface area contributed by atoms with E-state index in [1.54, 1.807) is 0 Å². The lowest BCUT2D eigenvalue weighted by Crippen LogP contribution is -2.29. The van der Waals surface area contributed by atoms with E-state index in [9.17, 15) is 25.0 Å². The van der Waals surface area contributed by atoms with E-state index >= 15 is 0 Å². The minimum absolute atomic E-state index is 0.0471. The highest BCUT2D eigenvalue weighted by molar-refractivity contribution is 5.79. The highest BCUT2D eigenvalue weighted by Crippen LogP contribution is 2.29. The summed E-state index contributed by atoms with van der Waals surface area (Å²) in [6.07, 6.45) is 1.73. The number of unbranched alkanes of at least 4 members (excludes halogenated alkanes) is 1. The average molecular weight is 297 g/mol. The number of nitrogens with one attached hydrogen (secondary N) is 1. The van der Waals surface area contributed by atoms with E-state index in [0.717, 1.165) is 24.6 Å². The Hall–Kier alpha value is -2.71. The zero-order valence-electron chi connectivity index (χ0n) is 11.3. The fourth-order valence-corrected chi connectivity index (χ4v) is 1.76. The molecule has 2 N–H and O–H groups in total. The molecule has 0 aliphatic heterocycles. The van der Waals surface area contributed by atoms with Crippen LogP contribution in [0.15, 0.2) is 18.2 Å². The number of nitro benzene ring substituents is 2. The largest absolute Gasteiger partial charge is 0.480 e. The SMILES string of the molecule is CCCC[C@@H](Nc1ccc([N+](=O)[O-])cc1[N+](=O)[O-])C(=O)O. The van der Waals surface area contributed by atoms with E-state index in [2.05, 4.69) is 5.32 Å². The molecular weight excluding hydrogens is 282 g/mol. The van der Waals surface area contributed by atoms with E-state index in [1.165, 1.54) is 0 Å². The molecule has 0 aliphatic rings. The Labute approximate surface area is 119 Å². The van der Waals surface area contributed by atoms with Crippen molar-refractivity contribution in [3.05, 3.63) is 38.4 Å². The first kappa shape index (κ1) is 16.3. The summed E-state index contributed by atoms with van der Waals surface area (Å²) in [5, 5.41) is 33.2. The van der Waals surface area contributed by atoms with E-state index in [1.807, 2.05) is 6.92 Å². The quantitative estimate of drug-likeness (QED) is 0.555. The van der Waals surface area contributed by atoms with Gasteiger partial charge in [0.2, 0.25) is 0 Å². The average Bonchev–Trinajstić information content (AvgIpc) is 2.42. The van der Waals surface area contributed by atoms with Gasteiger partial charge in [-0.2, -0.15) is 0 Å². The van der Waals surface area contributed by atoms with Gasteiger partial charge in [0.15, 0.2) is 0 Å². The number of carboxylic acid groups (broad SMARTS) is 1. The van der Waals surface area contributed by atoms with Crippen LogP contribution in [0.1, 0.15) is 26.2 Å². The van der Waals surface area contributed by atoms with Gasteiger partial charge in [-0.25, -0.2) is 4.79 Å². The molecule has 0 fully saturated rings. The van der Waals surface area contributed by atoms with Gasteiger partial charge in [0, 0.05) is 6.07 Å². The fourth-order valence-electron chi connectivity index (χ4n) is 1.76. The van der Waals surface area contributed by atoms with Crippen LogP contribution in [0.2, 0.25) is 0 Å². The van der Waals surface area contributed by atoms with Crippen LogP contribution in [0, 0.1) is 20.2 Å². The number of aliphatic carboxylic acids is 1. The highest BCUT2D eigenvalue weighted by atomic mass is 16.6. The number of hydrogen-bond donors (Lipinski definition) is 2. The number of non-ortho nitro benzene ring substituents is 1. The molecule has 9 nitrogen and oxygen atoms in total. The van der Waals surface area contributed by atoms with Gasteiger partial charge in [-0.1, -0.05) is 19.8 Å². The van der Waals surface area contributed by atoms with Crippen molar-refractivity contribution in [1.82, 2.24) is 0 Å². The smallest absolute Gasteiger partial charge is 0.326 e. The molecule has 0 heterocycles. The van der Waals surface area contributed by atoms with Crippen LogP contribution >= 0.6 is 0 Å². The van der Waals surface area contributed by atoms with Gasteiger partial charge in [-0.05, 0) is 12.5 Å². The van der Waals surface area contributed by atoms with Crippen molar-refractivity contribution < 1.29 is 19.7 Å². The lowest BCUT2D eigenvalue weighted by molar-refractivity contribution is -0.393. The molecule has 0 saturated carbocycles. The molecule has 1 aromatic rings. The van der Waals surface area contributed by atoms with Crippen LogP contribution in [-0.4, -0.2) is 27.0 Å². The molecule has 9 heteroatoms. The summed E-state index contributed by atoms with van der Waals surface area (Å²) in [5.41, 5.74) is -0.992. The number of nitrogens with zero attached hydrogens (tertiary/aromatic N) is 2. The fraction of sp³-hybridized carbons (Fsp3) is 0.417. The molecule has 0 amide bonds. The Morgan fingerprint density at radius 1 is 1.33 bits per heavy atom. The second-order valence-electron chi connectivity index (χ2n) is 4.39. The molecule has 0 spiro atoms. The van der Waals surface area contributed by atoms with Crippen LogP contribution < -0.4 is 5.32 Å². The number of benzene rings is 1. The van der Waals surface area contributed by atoms with Crippen molar-refractivity contribution in [2.75, 3.05) is 5.32 Å². The zero-order chi connectivity index (χ0) is 16.0. The molecule has 1 rings (SSSR count). The molecule has 0 aromatic heterocycles. The summed E-state index contributed by atoms with van der Waals surface area (Å²) < 4.78 is 0. The maximum absolute atomic E-state index is 11.1. The second kappa shape index (κ2) is 7.17. The van der Waals surface area contributed by atoms with Crippen LogP contribution in [0.4, 0.5) is 17.1 Å². The Balaban J connectivity index is 3.07. The molecule has 0 unspecified atom stereocenters. The van der Waals surface area contributed by atoms with Crippen molar-refractivity contribution in [2.24, 2.45) is 0 Å². The van der Waals surface area contributed by atoms with Crippen LogP contribution in [0.5, 0.6) is 0 Å². The molecule has 0 bridgehead atoms. The first-order chi connectivity index (χ1) is 9.86. The second-order valence-corrected chi connectivity index (χ2v) is 4.39. The zero-order valence-corrected chi connectivity index (χ0v) is 11.3. The van der Waals surface area contributed by atoms with Gasteiger partial charge in [0.05, 0.1) is 15.9 Å². The molecule has 114 valence electrons. The predicted molar refractivity (Wildman–Crippen MR) is 74.3 cm³/mol. The monoisotopic (exact) mass is 297 g/mol. The number of carboxylic acids is 1. The van der Waals surface area contributed by atoms with Crippen molar-refractivity contribution in [2.45, 2.75) is 32.2 Å². The topological polar surface area (TPSA) is 136 Å². The summed E-state index contributed by atoms with van der Waals surface area (Å²) in [5.74, 6) is -1.13. The minimum Gasteiger partial charge on any atom is -0.480 e. The summed E-state index contributed by atoms with van der Waals surface area (Å²) in [7, 11) is 0. The van der Waals surface area contributed by atoms with E-state index in [0.29, 0.717) is 12.8 Å². The summed E-state index contributed by atoms with van der Waals surface area (Å²) in [6, 6.07) is 2.07. The molecule has 0 saturated heterocycles. The Kier molecular flexibility index (Phi) is 5.58. The minimum atomic E-state index is -1.13. The molecule has 21 heavy (non-hydrogen) atoms. The molecule has 1 atom stereocenters. The molecule has 0 aliphatic carbocycles. The third kappa shape index (κ3) is 4.41. The first-order valence-electron chi connectivity index (χ1n) is 6.29. The number of carbonyl (C=O) groups is 1. The highest BCUT2D eigenvalue weighted by Gasteiger charge is 2.24. The van der Waals surface area contributed by atoms with Gasteiger partial charge in [-0.15, -0.1) is 0 Å². The van der Waals surface area contributed by atoms with E-state index in [-0.39, 0.29) is 5.69 Å². The molecule has 0 radical (unpaired) electrons. The lowest BCUT2D eigenvalue weighted by Gasteiger charge is -2.15. The van der Waals surface area contributed by atoms with Crippen LogP contribution in [0.25, 0.3) is 0 Å². The third-order valence-corrected chi connectivity index (χ3v) is 2.86. The summed E-state index contributed by atoms with van der Waals surface area (Å²) >= 11 is 0. The van der Waals surface area contributed by atoms with Gasteiger partial charge in [0.1, 0.15) is 11.7 Å². The number of nitro groups is 2. The van der Waals surface area contributed by atoms with Gasteiger partial charge < -0.3 is 10.4 Å². The Morgan fingerprint density at radius 2 is 2.00 bits per heavy atom. The standard InChI is InChI=1S/C12H15N3O6/c1-2-3-4-10(12(16)17)13-9-6-5-8(14(18)19)7-11(9)15(20)21/h5-7,10,13H,2-4H2,1H3,(H,16,17)/t10-/m1/s1. The molecular formula is C12H15N3O6. The first-order valence-corrected chi connectivity index (χ1v) is 6.29. The van der Waals surface area contributed by atoms with Crippen molar-refractivity contribution >= 4 is 23.0 Å². The molecule has 1 aromatic carbocycles. The third-order valence-electron chi connectivity index (χ3n) is 2.86. The number of rotatable bonds is 8. The van der Waals surface area contributed by atoms with Gasteiger partial charge in [0.25, 0.3) is 11.4 Å². The van der Waals surface area contributed by atoms with Gasteiger partial charge >= 0.3 is 5.97 Å². The van der Waals surface area contributed by atoms with Crippen molar-refractivity contribution in [3.63, 3.8) is 0 Å². The van der Waals surface area contributed by atoms with E-state index in [4.69, 9.17) is 5.11 Å². The number of hydrogen-bond acceptors (Lipinski definition) is 6. The number of anilines is 1. The summed E-state index contributed by atoms with van der Waals surface area (Å²) in [6.45, 7) is 1.90. The Morgan fingerprint density at radius 3 is 2.48 bits per heavy atom. The normalized spacial score (nSPS) is 11.7. The van der Waals surface area contributed by atoms with Crippen molar-refractivity contribution in [1.29, 1.82) is 0 Å². The maximum atomic E-state index is 11.1. The van der Waals surface area contributed by atoms with E-state index < -0.39 is 33.2 Å². The maximum Gasteiger partial charge on any atom is 0.326 e. The van der Waals surface area contributed by atoms with Crippen LogP contribution in [0.3, 0.4) is 0 Å². The van der Waals surface area contributed by atoms with Crippen LogP contribution in [-0.2, 0) is 4.79 Å². The predicted octanol–water partition coefficient (Wildman–Crippen LogP) is 2.56. The van der Waals surface area contributed by atoms with Gasteiger partial charge in [-0.3, -0.25) is 20.2 Å². The Bertz CT molecular complexity index is 560. The lowest BCUT2D eigenvalue weighted by atomic mass is 10.1. The summed E-state index contributed by atoms with van der Waals surface area (Å²) in [4.78, 5) is 31.2. The van der Waals surface area contributed by atoms with Crippen molar-refractivity contribution in [3.8, 4) is 0 Å².